The first kappa shape index (κ1) is 27.1. The smallest absolute Gasteiger partial charge is 0.241 e. The summed E-state index contributed by atoms with van der Waals surface area (Å²) in [6.45, 7) is 8.97. The molecule has 4 N–H and O–H groups in total. The number of nitrogens with one attached hydrogen (secondary N) is 1. The summed E-state index contributed by atoms with van der Waals surface area (Å²) in [6, 6.07) is 16.0. The number of amides is 2. The molecule has 2 aromatic carbocycles. The van der Waals surface area contributed by atoms with Gasteiger partial charge in [-0.1, -0.05) is 55.8 Å². The van der Waals surface area contributed by atoms with Crippen LogP contribution < -0.4 is 16.0 Å². The molecule has 0 aromatic heterocycles. The Morgan fingerprint density at radius 2 is 1.77 bits per heavy atom. The molecule has 2 aromatic rings. The first-order chi connectivity index (χ1) is 16.5. The average Bonchev–Trinajstić information content (AvgIpc) is 2.80. The number of nitrogens with zero attached hydrogens (tertiary/aromatic N) is 2. The molecule has 0 radical (unpaired) electrons. The van der Waals surface area contributed by atoms with Crippen molar-refractivity contribution in [2.24, 2.45) is 17.6 Å². The van der Waals surface area contributed by atoms with Gasteiger partial charge in [0.25, 0.3) is 0 Å². The van der Waals surface area contributed by atoms with Crippen LogP contribution >= 0.6 is 11.6 Å². The van der Waals surface area contributed by atoms with E-state index < -0.39 is 18.1 Å². The van der Waals surface area contributed by atoms with E-state index in [0.29, 0.717) is 23.8 Å². The Morgan fingerprint density at radius 3 is 2.40 bits per heavy atom. The summed E-state index contributed by atoms with van der Waals surface area (Å²) < 4.78 is 0. The molecule has 3 atom stereocenters. The highest BCUT2D eigenvalue weighted by atomic mass is 35.5. The molecule has 0 bridgehead atoms. The number of aliphatic hydroxyl groups is 1. The third-order valence-electron chi connectivity index (χ3n) is 6.78. The van der Waals surface area contributed by atoms with Crippen molar-refractivity contribution in [1.29, 1.82) is 0 Å². The molecule has 3 unspecified atom stereocenters. The maximum Gasteiger partial charge on any atom is 0.241 e. The van der Waals surface area contributed by atoms with Crippen LogP contribution in [0.3, 0.4) is 0 Å². The maximum atomic E-state index is 13.0. The van der Waals surface area contributed by atoms with Crippen LogP contribution in [-0.2, 0) is 9.59 Å². The summed E-state index contributed by atoms with van der Waals surface area (Å²) in [5.74, 6) is -0.580. The monoisotopic (exact) mass is 500 g/mol. The second-order valence-electron chi connectivity index (χ2n) is 10.3. The van der Waals surface area contributed by atoms with Crippen LogP contribution in [0.2, 0.25) is 5.02 Å². The van der Waals surface area contributed by atoms with Gasteiger partial charge in [0.1, 0.15) is 0 Å². The minimum Gasteiger partial charge on any atom is -0.391 e. The fraction of sp³-hybridized carbons (Fsp3) is 0.481. The number of anilines is 2. The van der Waals surface area contributed by atoms with Gasteiger partial charge in [0.05, 0.1) is 23.4 Å². The van der Waals surface area contributed by atoms with Crippen LogP contribution in [-0.4, -0.2) is 59.1 Å². The fourth-order valence-electron chi connectivity index (χ4n) is 4.49. The van der Waals surface area contributed by atoms with Crippen LogP contribution in [0.25, 0.3) is 0 Å². The lowest BCUT2D eigenvalue weighted by atomic mass is 9.86. The first-order valence-electron chi connectivity index (χ1n) is 12.1. The molecule has 1 aliphatic heterocycles. The Morgan fingerprint density at radius 1 is 1.14 bits per heavy atom. The summed E-state index contributed by atoms with van der Waals surface area (Å²) in [7, 11) is 0. The van der Waals surface area contributed by atoms with E-state index in [9.17, 15) is 14.7 Å². The molecule has 0 aliphatic carbocycles. The van der Waals surface area contributed by atoms with E-state index in [0.717, 1.165) is 5.69 Å². The topological polar surface area (TPSA) is 98.9 Å². The number of piperazine rings is 1. The van der Waals surface area contributed by atoms with Crippen molar-refractivity contribution in [3.8, 4) is 0 Å². The first-order valence-corrected chi connectivity index (χ1v) is 12.5. The normalized spacial score (nSPS) is 18.9. The number of halogens is 1. The fourth-order valence-corrected chi connectivity index (χ4v) is 4.73. The predicted molar refractivity (Wildman–Crippen MR) is 141 cm³/mol. The SMILES string of the molecule is CC(C)C(CC(O)C(N)CN1CC(=O)N(c2ccccc2Cl)CC1(C)C)C(=O)Nc1ccccc1. The van der Waals surface area contributed by atoms with Gasteiger partial charge < -0.3 is 21.1 Å². The number of hydrogen-bond donors (Lipinski definition) is 3. The Labute approximate surface area is 213 Å². The number of carbonyl (C=O) groups excluding carboxylic acids is 2. The van der Waals surface area contributed by atoms with Crippen molar-refractivity contribution < 1.29 is 14.7 Å². The molecular weight excluding hydrogens is 464 g/mol. The third-order valence-corrected chi connectivity index (χ3v) is 7.09. The van der Waals surface area contributed by atoms with Crippen molar-refractivity contribution in [2.75, 3.05) is 29.9 Å². The number of aliphatic hydroxyl groups excluding tert-OH is 1. The van der Waals surface area contributed by atoms with E-state index >= 15 is 0 Å². The number of hydrogen-bond acceptors (Lipinski definition) is 5. The second kappa shape index (κ2) is 11.5. The summed E-state index contributed by atoms with van der Waals surface area (Å²) in [5.41, 5.74) is 7.45. The zero-order chi connectivity index (χ0) is 25.8. The van der Waals surface area contributed by atoms with Crippen molar-refractivity contribution >= 4 is 34.8 Å². The Kier molecular flexibility index (Phi) is 8.94. The number of para-hydroxylation sites is 2. The number of carbonyl (C=O) groups is 2. The van der Waals surface area contributed by atoms with Gasteiger partial charge in [-0.25, -0.2) is 0 Å². The van der Waals surface area contributed by atoms with Gasteiger partial charge in [0.2, 0.25) is 11.8 Å². The Hall–Kier alpha value is -2.45. The van der Waals surface area contributed by atoms with Crippen molar-refractivity contribution in [3.05, 3.63) is 59.6 Å². The molecule has 0 saturated carbocycles. The van der Waals surface area contributed by atoms with E-state index in [4.69, 9.17) is 17.3 Å². The molecule has 7 nitrogen and oxygen atoms in total. The highest BCUT2D eigenvalue weighted by molar-refractivity contribution is 6.33. The van der Waals surface area contributed by atoms with Gasteiger partial charge in [0, 0.05) is 36.3 Å². The number of nitrogens with two attached hydrogens (primary N) is 1. The highest BCUT2D eigenvalue weighted by Gasteiger charge is 2.40. The minimum atomic E-state index is -0.892. The van der Waals surface area contributed by atoms with Crippen LogP contribution in [0.4, 0.5) is 11.4 Å². The standard InChI is InChI=1S/C27H37ClN4O3/c1-18(2)20(26(35)30-19-10-6-5-7-11-19)14-24(33)22(29)15-31-16-25(34)32(17-27(31,3)4)23-13-9-8-12-21(23)28/h5-13,18,20,22,24,33H,14-17,29H2,1-4H3,(H,30,35). The molecule has 1 heterocycles. The zero-order valence-electron chi connectivity index (χ0n) is 20.9. The van der Waals surface area contributed by atoms with Gasteiger partial charge in [-0.3, -0.25) is 14.5 Å². The summed E-state index contributed by atoms with van der Waals surface area (Å²) in [4.78, 5) is 29.6. The van der Waals surface area contributed by atoms with Gasteiger partial charge >= 0.3 is 0 Å². The van der Waals surface area contributed by atoms with Gasteiger partial charge in [-0.15, -0.1) is 0 Å². The van der Waals surface area contributed by atoms with Gasteiger partial charge in [0.15, 0.2) is 0 Å². The molecular formula is C27H37ClN4O3. The lowest BCUT2D eigenvalue weighted by Gasteiger charge is -2.47. The lowest BCUT2D eigenvalue weighted by Crippen LogP contribution is -2.64. The molecule has 2 amide bonds. The molecule has 1 fully saturated rings. The van der Waals surface area contributed by atoms with E-state index in [2.05, 4.69) is 5.32 Å². The number of rotatable bonds is 9. The second-order valence-corrected chi connectivity index (χ2v) is 10.7. The van der Waals surface area contributed by atoms with Crippen LogP contribution in [0.5, 0.6) is 0 Å². The largest absolute Gasteiger partial charge is 0.391 e. The molecule has 8 heteroatoms. The van der Waals surface area contributed by atoms with E-state index in [1.165, 1.54) is 0 Å². The molecule has 1 saturated heterocycles. The lowest BCUT2D eigenvalue weighted by molar-refractivity contribution is -0.124. The maximum absolute atomic E-state index is 13.0. The Balaban J connectivity index is 1.63. The van der Waals surface area contributed by atoms with Crippen LogP contribution in [0.1, 0.15) is 34.1 Å². The summed E-state index contributed by atoms with van der Waals surface area (Å²) in [5, 5.41) is 14.4. The number of benzene rings is 2. The summed E-state index contributed by atoms with van der Waals surface area (Å²) in [6.07, 6.45) is -0.651. The molecule has 35 heavy (non-hydrogen) atoms. The van der Waals surface area contributed by atoms with E-state index in [1.54, 1.807) is 11.0 Å². The Bertz CT molecular complexity index is 1010. The van der Waals surface area contributed by atoms with Gasteiger partial charge in [-0.05, 0) is 50.5 Å². The van der Waals surface area contributed by atoms with Crippen LogP contribution in [0.15, 0.2) is 54.6 Å². The zero-order valence-corrected chi connectivity index (χ0v) is 21.7. The van der Waals surface area contributed by atoms with Gasteiger partial charge in [-0.2, -0.15) is 0 Å². The van der Waals surface area contributed by atoms with Crippen LogP contribution in [0, 0.1) is 11.8 Å². The summed E-state index contributed by atoms with van der Waals surface area (Å²) >= 11 is 6.34. The molecule has 1 aliphatic rings. The molecule has 0 spiro atoms. The minimum absolute atomic E-state index is 0.0257. The highest BCUT2D eigenvalue weighted by Crippen LogP contribution is 2.31. The van der Waals surface area contributed by atoms with Crippen molar-refractivity contribution in [3.63, 3.8) is 0 Å². The average molecular weight is 501 g/mol. The van der Waals surface area contributed by atoms with E-state index in [-0.39, 0.29) is 36.2 Å². The van der Waals surface area contributed by atoms with E-state index in [1.807, 2.05) is 81.1 Å². The van der Waals surface area contributed by atoms with Crippen molar-refractivity contribution in [2.45, 2.75) is 51.8 Å². The molecule has 190 valence electrons. The quantitative estimate of drug-likeness (QED) is 0.487. The molecule has 3 rings (SSSR count). The third kappa shape index (κ3) is 6.82. The van der Waals surface area contributed by atoms with Crippen molar-refractivity contribution in [1.82, 2.24) is 4.90 Å². The predicted octanol–water partition coefficient (Wildman–Crippen LogP) is 3.76.